The van der Waals surface area contributed by atoms with Gasteiger partial charge in [0.05, 0.1) is 0 Å². The molecule has 0 radical (unpaired) electrons. The maximum atomic E-state index is 4.60. The molecule has 3 nitrogen and oxygen atoms in total. The van der Waals surface area contributed by atoms with Crippen LogP contribution in [0, 0.1) is 17.8 Å². The molecule has 1 aromatic heterocycles. The van der Waals surface area contributed by atoms with E-state index in [-0.39, 0.29) is 0 Å². The fraction of sp³-hybridized carbons (Fsp3) is 0.800. The molecule has 0 amide bonds. The van der Waals surface area contributed by atoms with E-state index in [9.17, 15) is 0 Å². The number of anilines is 1. The van der Waals surface area contributed by atoms with Gasteiger partial charge in [-0.05, 0) is 30.7 Å². The van der Waals surface area contributed by atoms with E-state index in [0.717, 1.165) is 38.0 Å². The minimum absolute atomic E-state index is 0.705. The van der Waals surface area contributed by atoms with E-state index in [1.165, 1.54) is 16.4 Å². The standard InChI is InChI=1S/C15H27N3S/c1-11(2)7-16-8-14-9-17-15(19-14)18-6-5-12(3)13(4)10-18/h9,11-13,16H,5-8,10H2,1-4H3. The molecule has 0 bridgehead atoms. The molecular weight excluding hydrogens is 254 g/mol. The number of rotatable bonds is 5. The Hall–Kier alpha value is -0.610. The number of thiazole rings is 1. The molecular formula is C15H27N3S. The molecule has 0 saturated carbocycles. The van der Waals surface area contributed by atoms with Crippen LogP contribution in [0.25, 0.3) is 0 Å². The molecule has 0 aliphatic carbocycles. The minimum atomic E-state index is 0.705. The molecule has 19 heavy (non-hydrogen) atoms. The second-order valence-electron chi connectivity index (χ2n) is 6.32. The molecule has 0 aromatic carbocycles. The summed E-state index contributed by atoms with van der Waals surface area (Å²) in [6.45, 7) is 13.6. The van der Waals surface area contributed by atoms with Crippen molar-refractivity contribution < 1.29 is 0 Å². The van der Waals surface area contributed by atoms with E-state index < -0.39 is 0 Å². The van der Waals surface area contributed by atoms with Crippen LogP contribution in [0.15, 0.2) is 6.20 Å². The summed E-state index contributed by atoms with van der Waals surface area (Å²) in [6.07, 6.45) is 3.33. The van der Waals surface area contributed by atoms with Gasteiger partial charge in [-0.25, -0.2) is 4.98 Å². The van der Waals surface area contributed by atoms with E-state index in [1.807, 2.05) is 17.5 Å². The molecule has 2 atom stereocenters. The molecule has 1 N–H and O–H groups in total. The number of aromatic nitrogens is 1. The number of hydrogen-bond acceptors (Lipinski definition) is 4. The Labute approximate surface area is 121 Å². The van der Waals surface area contributed by atoms with Gasteiger partial charge in [0.15, 0.2) is 5.13 Å². The van der Waals surface area contributed by atoms with Crippen molar-refractivity contribution in [3.63, 3.8) is 0 Å². The first-order chi connectivity index (χ1) is 9.06. The molecule has 1 aromatic rings. The van der Waals surface area contributed by atoms with Crippen LogP contribution in [-0.2, 0) is 6.54 Å². The lowest BCUT2D eigenvalue weighted by Crippen LogP contribution is -2.38. The van der Waals surface area contributed by atoms with Gasteiger partial charge in [0, 0.05) is 30.7 Å². The van der Waals surface area contributed by atoms with Crippen LogP contribution in [0.3, 0.4) is 0 Å². The molecule has 0 spiro atoms. The smallest absolute Gasteiger partial charge is 0.185 e. The van der Waals surface area contributed by atoms with Crippen LogP contribution in [0.2, 0.25) is 0 Å². The maximum absolute atomic E-state index is 4.60. The SMILES string of the molecule is CC(C)CNCc1cnc(N2CCC(C)C(C)C2)s1. The molecule has 2 heterocycles. The molecule has 2 unspecified atom stereocenters. The Kier molecular flexibility index (Phi) is 5.22. The van der Waals surface area contributed by atoms with Crippen molar-refractivity contribution >= 4 is 16.5 Å². The predicted octanol–water partition coefficient (Wildman–Crippen LogP) is 3.37. The third-order valence-electron chi connectivity index (χ3n) is 4.00. The topological polar surface area (TPSA) is 28.2 Å². The van der Waals surface area contributed by atoms with Gasteiger partial charge in [0.2, 0.25) is 0 Å². The lowest BCUT2D eigenvalue weighted by atomic mass is 9.89. The van der Waals surface area contributed by atoms with Gasteiger partial charge in [-0.15, -0.1) is 11.3 Å². The molecule has 108 valence electrons. The normalized spacial score (nSPS) is 24.2. The molecule has 1 fully saturated rings. The monoisotopic (exact) mass is 281 g/mol. The number of piperidine rings is 1. The highest BCUT2D eigenvalue weighted by Gasteiger charge is 2.24. The van der Waals surface area contributed by atoms with E-state index in [2.05, 4.69) is 42.9 Å². The Morgan fingerprint density at radius 1 is 1.42 bits per heavy atom. The fourth-order valence-electron chi connectivity index (χ4n) is 2.45. The Bertz CT molecular complexity index is 388. The van der Waals surface area contributed by atoms with Crippen molar-refractivity contribution in [2.75, 3.05) is 24.5 Å². The van der Waals surface area contributed by atoms with Crippen molar-refractivity contribution in [2.45, 2.75) is 40.7 Å². The second-order valence-corrected chi connectivity index (χ2v) is 7.42. The zero-order valence-electron chi connectivity index (χ0n) is 12.6. The van der Waals surface area contributed by atoms with Gasteiger partial charge in [0.25, 0.3) is 0 Å². The minimum Gasteiger partial charge on any atom is -0.348 e. The first-order valence-corrected chi connectivity index (χ1v) is 8.28. The summed E-state index contributed by atoms with van der Waals surface area (Å²) in [6, 6.07) is 0. The van der Waals surface area contributed by atoms with Crippen molar-refractivity contribution in [1.82, 2.24) is 10.3 Å². The highest BCUT2D eigenvalue weighted by Crippen LogP contribution is 2.29. The largest absolute Gasteiger partial charge is 0.348 e. The summed E-state index contributed by atoms with van der Waals surface area (Å²) in [7, 11) is 0. The molecule has 2 rings (SSSR count). The summed E-state index contributed by atoms with van der Waals surface area (Å²) < 4.78 is 0. The number of nitrogens with zero attached hydrogens (tertiary/aromatic N) is 2. The number of hydrogen-bond donors (Lipinski definition) is 1. The summed E-state index contributed by atoms with van der Waals surface area (Å²) in [5, 5.41) is 4.69. The van der Waals surface area contributed by atoms with Crippen molar-refractivity contribution in [3.05, 3.63) is 11.1 Å². The Balaban J connectivity index is 1.86. The van der Waals surface area contributed by atoms with E-state index >= 15 is 0 Å². The van der Waals surface area contributed by atoms with Crippen LogP contribution < -0.4 is 10.2 Å². The predicted molar refractivity (Wildman–Crippen MR) is 83.8 cm³/mol. The fourth-order valence-corrected chi connectivity index (χ4v) is 3.36. The third-order valence-corrected chi connectivity index (χ3v) is 5.06. The van der Waals surface area contributed by atoms with Crippen LogP contribution in [-0.4, -0.2) is 24.6 Å². The van der Waals surface area contributed by atoms with Gasteiger partial charge < -0.3 is 10.2 Å². The maximum Gasteiger partial charge on any atom is 0.185 e. The van der Waals surface area contributed by atoms with Crippen LogP contribution >= 0.6 is 11.3 Å². The van der Waals surface area contributed by atoms with Gasteiger partial charge in [-0.3, -0.25) is 0 Å². The summed E-state index contributed by atoms with van der Waals surface area (Å²) in [5.74, 6) is 2.33. The van der Waals surface area contributed by atoms with Crippen molar-refractivity contribution in [2.24, 2.45) is 17.8 Å². The van der Waals surface area contributed by atoms with E-state index in [1.54, 1.807) is 0 Å². The quantitative estimate of drug-likeness (QED) is 0.897. The first-order valence-electron chi connectivity index (χ1n) is 7.46. The average molecular weight is 281 g/mol. The third kappa shape index (κ3) is 4.18. The van der Waals surface area contributed by atoms with Gasteiger partial charge in [0.1, 0.15) is 0 Å². The second kappa shape index (κ2) is 6.71. The summed E-state index contributed by atoms with van der Waals surface area (Å²) in [4.78, 5) is 8.41. The van der Waals surface area contributed by atoms with Crippen LogP contribution in [0.4, 0.5) is 5.13 Å². The van der Waals surface area contributed by atoms with E-state index in [4.69, 9.17) is 0 Å². The molecule has 4 heteroatoms. The molecule has 1 aliphatic rings. The zero-order chi connectivity index (χ0) is 13.8. The van der Waals surface area contributed by atoms with Crippen molar-refractivity contribution in [3.8, 4) is 0 Å². The number of nitrogens with one attached hydrogen (secondary N) is 1. The summed E-state index contributed by atoms with van der Waals surface area (Å²) >= 11 is 1.85. The zero-order valence-corrected chi connectivity index (χ0v) is 13.5. The summed E-state index contributed by atoms with van der Waals surface area (Å²) in [5.41, 5.74) is 0. The van der Waals surface area contributed by atoms with E-state index in [0.29, 0.717) is 5.92 Å². The average Bonchev–Trinajstić information content (AvgIpc) is 2.81. The van der Waals surface area contributed by atoms with Crippen LogP contribution in [0.5, 0.6) is 0 Å². The lowest BCUT2D eigenvalue weighted by Gasteiger charge is -2.35. The van der Waals surface area contributed by atoms with Gasteiger partial charge in [-0.1, -0.05) is 27.7 Å². The molecule has 1 saturated heterocycles. The van der Waals surface area contributed by atoms with Gasteiger partial charge in [-0.2, -0.15) is 0 Å². The van der Waals surface area contributed by atoms with Gasteiger partial charge >= 0.3 is 0 Å². The van der Waals surface area contributed by atoms with Crippen molar-refractivity contribution in [1.29, 1.82) is 0 Å². The van der Waals surface area contributed by atoms with Crippen LogP contribution in [0.1, 0.15) is 39.0 Å². The highest BCUT2D eigenvalue weighted by atomic mass is 32.1. The first kappa shape index (κ1) is 14.8. The lowest BCUT2D eigenvalue weighted by molar-refractivity contribution is 0.324. The Morgan fingerprint density at radius 2 is 2.21 bits per heavy atom. The molecule has 1 aliphatic heterocycles. The Morgan fingerprint density at radius 3 is 2.89 bits per heavy atom. The highest BCUT2D eigenvalue weighted by molar-refractivity contribution is 7.15.